The standard InChI is InChI=1S/C16H18N4O3S2/c1-10-7-14(19-16(18-10)24-3)25-9-13(21)20-17-8-11-5-4-6-12(23-2)15(11)22/h4-8,22H,9H2,1-3H3,(H,20,21). The summed E-state index contributed by atoms with van der Waals surface area (Å²) in [6, 6.07) is 6.85. The summed E-state index contributed by atoms with van der Waals surface area (Å²) in [5, 5.41) is 15.2. The largest absolute Gasteiger partial charge is 0.504 e. The first-order chi connectivity index (χ1) is 12.0. The Labute approximate surface area is 154 Å². The summed E-state index contributed by atoms with van der Waals surface area (Å²) in [5.41, 5.74) is 3.72. The molecule has 0 aliphatic rings. The molecule has 7 nitrogen and oxygen atoms in total. The number of nitrogens with one attached hydrogen (secondary N) is 1. The van der Waals surface area contributed by atoms with Crippen molar-refractivity contribution in [3.05, 3.63) is 35.5 Å². The summed E-state index contributed by atoms with van der Waals surface area (Å²) >= 11 is 2.76. The number of phenols is 1. The van der Waals surface area contributed by atoms with E-state index in [0.717, 1.165) is 10.7 Å². The number of aromatic nitrogens is 2. The van der Waals surface area contributed by atoms with Gasteiger partial charge in [0.05, 0.1) is 19.1 Å². The van der Waals surface area contributed by atoms with Crippen molar-refractivity contribution < 1.29 is 14.6 Å². The summed E-state index contributed by atoms with van der Waals surface area (Å²) < 4.78 is 5.01. The first-order valence-electron chi connectivity index (χ1n) is 7.24. The Morgan fingerprint density at radius 1 is 1.44 bits per heavy atom. The second kappa shape index (κ2) is 9.28. The van der Waals surface area contributed by atoms with E-state index < -0.39 is 0 Å². The third-order valence-electron chi connectivity index (χ3n) is 2.99. The zero-order valence-electron chi connectivity index (χ0n) is 14.0. The molecule has 0 radical (unpaired) electrons. The van der Waals surface area contributed by atoms with Crippen LogP contribution in [0, 0.1) is 6.92 Å². The van der Waals surface area contributed by atoms with Crippen LogP contribution in [0.15, 0.2) is 39.5 Å². The summed E-state index contributed by atoms with van der Waals surface area (Å²) in [7, 11) is 1.46. The average molecular weight is 378 g/mol. The minimum absolute atomic E-state index is 0.0292. The molecule has 0 fully saturated rings. The van der Waals surface area contributed by atoms with Gasteiger partial charge in [-0.2, -0.15) is 5.10 Å². The van der Waals surface area contributed by atoms with Gasteiger partial charge >= 0.3 is 0 Å². The summed E-state index contributed by atoms with van der Waals surface area (Å²) in [6.07, 6.45) is 3.26. The molecule has 1 amide bonds. The second-order valence-electron chi connectivity index (χ2n) is 4.81. The third-order valence-corrected chi connectivity index (χ3v) is 4.45. The van der Waals surface area contributed by atoms with Crippen molar-refractivity contribution in [2.24, 2.45) is 5.10 Å². The number of rotatable bonds is 7. The van der Waals surface area contributed by atoms with Crippen LogP contribution in [0.2, 0.25) is 0 Å². The van der Waals surface area contributed by atoms with Crippen LogP contribution in [-0.4, -0.2) is 46.3 Å². The van der Waals surface area contributed by atoms with E-state index in [1.807, 2.05) is 19.2 Å². The lowest BCUT2D eigenvalue weighted by atomic mass is 10.2. The number of amides is 1. The molecule has 0 unspecified atom stereocenters. The first kappa shape index (κ1) is 19.1. The molecule has 9 heteroatoms. The molecule has 25 heavy (non-hydrogen) atoms. The summed E-state index contributed by atoms with van der Waals surface area (Å²) in [4.78, 5) is 20.5. The molecule has 132 valence electrons. The van der Waals surface area contributed by atoms with Gasteiger partial charge in [0.25, 0.3) is 0 Å². The van der Waals surface area contributed by atoms with Crippen LogP contribution in [0.4, 0.5) is 0 Å². The number of thioether (sulfide) groups is 2. The van der Waals surface area contributed by atoms with E-state index in [0.29, 0.717) is 16.5 Å². The fourth-order valence-electron chi connectivity index (χ4n) is 1.83. The van der Waals surface area contributed by atoms with E-state index >= 15 is 0 Å². The van der Waals surface area contributed by atoms with Crippen molar-refractivity contribution in [1.29, 1.82) is 0 Å². The predicted octanol–water partition coefficient (Wildman–Crippen LogP) is 2.46. The maximum Gasteiger partial charge on any atom is 0.250 e. The molecule has 0 bridgehead atoms. The number of methoxy groups -OCH3 is 1. The van der Waals surface area contributed by atoms with Gasteiger partial charge in [-0.1, -0.05) is 29.6 Å². The predicted molar refractivity (Wildman–Crippen MR) is 99.7 cm³/mol. The van der Waals surface area contributed by atoms with E-state index in [1.54, 1.807) is 18.2 Å². The van der Waals surface area contributed by atoms with E-state index in [9.17, 15) is 9.90 Å². The van der Waals surface area contributed by atoms with Crippen molar-refractivity contribution >= 4 is 35.6 Å². The summed E-state index contributed by atoms with van der Waals surface area (Å²) in [5.74, 6) is 0.213. The quantitative estimate of drug-likeness (QED) is 0.251. The Morgan fingerprint density at radius 3 is 2.96 bits per heavy atom. The molecule has 2 rings (SSSR count). The molecule has 0 spiro atoms. The smallest absolute Gasteiger partial charge is 0.250 e. The molecule has 0 aliphatic carbocycles. The van der Waals surface area contributed by atoms with Gasteiger partial charge in [0.1, 0.15) is 5.03 Å². The number of aryl methyl sites for hydroxylation is 1. The minimum Gasteiger partial charge on any atom is -0.504 e. The highest BCUT2D eigenvalue weighted by molar-refractivity contribution is 8.00. The van der Waals surface area contributed by atoms with E-state index in [2.05, 4.69) is 20.5 Å². The van der Waals surface area contributed by atoms with Crippen LogP contribution >= 0.6 is 23.5 Å². The highest BCUT2D eigenvalue weighted by Crippen LogP contribution is 2.27. The number of hydrogen-bond donors (Lipinski definition) is 2. The van der Waals surface area contributed by atoms with E-state index in [1.165, 1.54) is 36.8 Å². The number of phenolic OH excluding ortho intramolecular Hbond substituents is 1. The van der Waals surface area contributed by atoms with Crippen molar-refractivity contribution in [1.82, 2.24) is 15.4 Å². The monoisotopic (exact) mass is 378 g/mol. The van der Waals surface area contributed by atoms with Crippen molar-refractivity contribution in [2.45, 2.75) is 17.1 Å². The fourth-order valence-corrected chi connectivity index (χ4v) is 3.06. The number of benzene rings is 1. The molecule has 1 heterocycles. The maximum atomic E-state index is 11.9. The van der Waals surface area contributed by atoms with Gasteiger partial charge in [-0.3, -0.25) is 4.79 Å². The fraction of sp³-hybridized carbons (Fsp3) is 0.250. The zero-order valence-corrected chi connectivity index (χ0v) is 15.6. The molecular weight excluding hydrogens is 360 g/mol. The Balaban J connectivity index is 1.90. The molecule has 0 saturated carbocycles. The maximum absolute atomic E-state index is 11.9. The van der Waals surface area contributed by atoms with Gasteiger partial charge in [-0.25, -0.2) is 15.4 Å². The highest BCUT2D eigenvalue weighted by atomic mass is 32.2. The Kier molecular flexibility index (Phi) is 7.08. The van der Waals surface area contributed by atoms with Crippen LogP contribution in [0.5, 0.6) is 11.5 Å². The van der Waals surface area contributed by atoms with E-state index in [-0.39, 0.29) is 17.4 Å². The number of nitrogens with zero attached hydrogens (tertiary/aromatic N) is 3. The van der Waals surface area contributed by atoms with Gasteiger partial charge in [0.2, 0.25) is 5.91 Å². The molecule has 0 saturated heterocycles. The third kappa shape index (κ3) is 5.64. The molecule has 0 atom stereocenters. The van der Waals surface area contributed by atoms with Crippen molar-refractivity contribution in [3.8, 4) is 11.5 Å². The van der Waals surface area contributed by atoms with Gasteiger partial charge in [-0.05, 0) is 31.4 Å². The Morgan fingerprint density at radius 2 is 2.24 bits per heavy atom. The number of aromatic hydroxyl groups is 1. The highest BCUT2D eigenvalue weighted by Gasteiger charge is 2.07. The minimum atomic E-state index is -0.273. The van der Waals surface area contributed by atoms with Crippen LogP contribution in [0.3, 0.4) is 0 Å². The number of carbonyl (C=O) groups excluding carboxylic acids is 1. The molecular formula is C16H18N4O3S2. The molecule has 1 aromatic heterocycles. The van der Waals surface area contributed by atoms with Crippen molar-refractivity contribution in [3.63, 3.8) is 0 Å². The van der Waals surface area contributed by atoms with Gasteiger partial charge in [0.15, 0.2) is 16.7 Å². The van der Waals surface area contributed by atoms with Gasteiger partial charge < -0.3 is 9.84 Å². The molecule has 0 aliphatic heterocycles. The van der Waals surface area contributed by atoms with Gasteiger partial charge in [0, 0.05) is 11.3 Å². The summed E-state index contributed by atoms with van der Waals surface area (Å²) in [6.45, 7) is 1.89. The van der Waals surface area contributed by atoms with Crippen LogP contribution < -0.4 is 10.2 Å². The Hall–Kier alpha value is -2.26. The van der Waals surface area contributed by atoms with Crippen LogP contribution in [0.1, 0.15) is 11.3 Å². The van der Waals surface area contributed by atoms with Crippen LogP contribution in [0.25, 0.3) is 0 Å². The van der Waals surface area contributed by atoms with Crippen LogP contribution in [-0.2, 0) is 4.79 Å². The molecule has 2 N–H and O–H groups in total. The van der Waals surface area contributed by atoms with E-state index in [4.69, 9.17) is 4.74 Å². The number of para-hydroxylation sites is 1. The zero-order chi connectivity index (χ0) is 18.2. The SMILES string of the molecule is COc1cccc(C=NNC(=O)CSc2cc(C)nc(SC)n2)c1O. The number of hydrazone groups is 1. The lowest BCUT2D eigenvalue weighted by Crippen LogP contribution is -2.19. The lowest BCUT2D eigenvalue weighted by molar-refractivity contribution is -0.118. The first-order valence-corrected chi connectivity index (χ1v) is 9.45. The molecule has 1 aromatic carbocycles. The van der Waals surface area contributed by atoms with Crippen molar-refractivity contribution in [2.75, 3.05) is 19.1 Å². The lowest BCUT2D eigenvalue weighted by Gasteiger charge is -2.05. The number of carbonyl (C=O) groups is 1. The topological polar surface area (TPSA) is 96.7 Å². The Bertz CT molecular complexity index is 784. The number of ether oxygens (including phenoxy) is 1. The average Bonchev–Trinajstić information content (AvgIpc) is 2.61. The van der Waals surface area contributed by atoms with Gasteiger partial charge in [-0.15, -0.1) is 0 Å². The second-order valence-corrected chi connectivity index (χ2v) is 6.58. The number of hydrogen-bond acceptors (Lipinski definition) is 8. The normalized spacial score (nSPS) is 10.8. The molecule has 2 aromatic rings.